The Kier molecular flexibility index (Phi) is 4.04. The topological polar surface area (TPSA) is 55.9 Å². The van der Waals surface area contributed by atoms with Gasteiger partial charge in [0.2, 0.25) is 0 Å². The van der Waals surface area contributed by atoms with Crippen LogP contribution in [-0.4, -0.2) is 81.3 Å². The minimum absolute atomic E-state index is 0.395. The third-order valence-corrected chi connectivity index (χ3v) is 5.49. The molecule has 2 saturated heterocycles. The molecule has 0 aliphatic carbocycles. The molecule has 1 atom stereocenters. The van der Waals surface area contributed by atoms with Crippen molar-refractivity contribution in [3.05, 3.63) is 0 Å². The Bertz CT molecular complexity index is 351. The van der Waals surface area contributed by atoms with Crippen LogP contribution in [0.4, 0.5) is 0 Å². The summed E-state index contributed by atoms with van der Waals surface area (Å²) in [5.74, 6) is 0. The lowest BCUT2D eigenvalue weighted by Crippen LogP contribution is -2.49. The maximum atomic E-state index is 12.0. The lowest BCUT2D eigenvalue weighted by Gasteiger charge is -2.32. The summed E-state index contributed by atoms with van der Waals surface area (Å²) in [6.07, 6.45) is 0.951. The highest BCUT2D eigenvalue weighted by Gasteiger charge is 2.35. The van der Waals surface area contributed by atoms with E-state index in [1.54, 1.807) is 18.4 Å². The Hall–Kier alpha value is -0.210. The van der Waals surface area contributed by atoms with Crippen molar-refractivity contribution in [2.75, 3.05) is 53.4 Å². The summed E-state index contributed by atoms with van der Waals surface area (Å²) in [4.78, 5) is 2.40. The molecule has 2 rings (SSSR count). The number of hydrogen-bond acceptors (Lipinski definition) is 4. The van der Waals surface area contributed by atoms with E-state index in [4.69, 9.17) is 0 Å². The standard InChI is InChI=1S/C10H22N4O2S/c1-12(2)17(15,16)14-6-3-10(9-14)13-7-4-11-5-8-13/h10-11H,3-9H2,1-2H3. The van der Waals surface area contributed by atoms with Crippen LogP contribution in [0.1, 0.15) is 6.42 Å². The maximum Gasteiger partial charge on any atom is 0.281 e. The minimum Gasteiger partial charge on any atom is -0.314 e. The molecule has 6 nitrogen and oxygen atoms in total. The molecule has 100 valence electrons. The fourth-order valence-electron chi connectivity index (χ4n) is 2.50. The Morgan fingerprint density at radius 3 is 2.41 bits per heavy atom. The summed E-state index contributed by atoms with van der Waals surface area (Å²) < 4.78 is 26.9. The van der Waals surface area contributed by atoms with Gasteiger partial charge in [-0.25, -0.2) is 0 Å². The first-order chi connectivity index (χ1) is 8.01. The van der Waals surface area contributed by atoms with Gasteiger partial charge in [-0.15, -0.1) is 0 Å². The summed E-state index contributed by atoms with van der Waals surface area (Å²) in [6, 6.07) is 0.395. The van der Waals surface area contributed by atoms with Crippen LogP contribution < -0.4 is 5.32 Å². The van der Waals surface area contributed by atoms with Crippen LogP contribution in [0.2, 0.25) is 0 Å². The van der Waals surface area contributed by atoms with Gasteiger partial charge in [-0.3, -0.25) is 4.90 Å². The predicted molar refractivity (Wildman–Crippen MR) is 67.0 cm³/mol. The Morgan fingerprint density at radius 2 is 1.82 bits per heavy atom. The molecule has 2 aliphatic heterocycles. The van der Waals surface area contributed by atoms with Crippen LogP contribution >= 0.6 is 0 Å². The van der Waals surface area contributed by atoms with Gasteiger partial charge >= 0.3 is 0 Å². The van der Waals surface area contributed by atoms with Crippen LogP contribution in [0, 0.1) is 0 Å². The van der Waals surface area contributed by atoms with Gasteiger partial charge < -0.3 is 5.32 Å². The van der Waals surface area contributed by atoms with E-state index >= 15 is 0 Å². The van der Waals surface area contributed by atoms with Crippen molar-refractivity contribution in [3.8, 4) is 0 Å². The second kappa shape index (κ2) is 5.19. The average molecular weight is 262 g/mol. The average Bonchev–Trinajstić information content (AvgIpc) is 2.80. The van der Waals surface area contributed by atoms with Gasteiger partial charge in [0.1, 0.15) is 0 Å². The van der Waals surface area contributed by atoms with Crippen molar-refractivity contribution in [3.63, 3.8) is 0 Å². The van der Waals surface area contributed by atoms with E-state index in [1.807, 2.05) is 0 Å². The lowest BCUT2D eigenvalue weighted by atomic mass is 10.2. The first kappa shape index (κ1) is 13.2. The van der Waals surface area contributed by atoms with Crippen molar-refractivity contribution in [1.29, 1.82) is 0 Å². The van der Waals surface area contributed by atoms with Crippen LogP contribution in [0.15, 0.2) is 0 Å². The van der Waals surface area contributed by atoms with Crippen molar-refractivity contribution in [2.24, 2.45) is 0 Å². The molecule has 0 spiro atoms. The molecular weight excluding hydrogens is 240 g/mol. The zero-order chi connectivity index (χ0) is 12.5. The second-order valence-corrected chi connectivity index (χ2v) is 7.02. The number of nitrogens with one attached hydrogen (secondary N) is 1. The molecule has 17 heavy (non-hydrogen) atoms. The summed E-state index contributed by atoms with van der Waals surface area (Å²) in [7, 11) is -0.0423. The predicted octanol–water partition coefficient (Wildman–Crippen LogP) is -1.23. The van der Waals surface area contributed by atoms with E-state index in [9.17, 15) is 8.42 Å². The van der Waals surface area contributed by atoms with Gasteiger partial charge in [0.25, 0.3) is 10.2 Å². The van der Waals surface area contributed by atoms with E-state index in [2.05, 4.69) is 10.2 Å². The SMILES string of the molecule is CN(C)S(=O)(=O)N1CCC(N2CCNCC2)C1. The fourth-order valence-corrected chi connectivity index (χ4v) is 3.65. The van der Waals surface area contributed by atoms with E-state index < -0.39 is 10.2 Å². The zero-order valence-corrected chi connectivity index (χ0v) is 11.4. The molecule has 0 radical (unpaired) electrons. The van der Waals surface area contributed by atoms with Gasteiger partial charge in [-0.1, -0.05) is 0 Å². The van der Waals surface area contributed by atoms with Gasteiger partial charge in [-0.2, -0.15) is 17.0 Å². The molecule has 1 unspecified atom stereocenters. The van der Waals surface area contributed by atoms with Crippen molar-refractivity contribution < 1.29 is 8.42 Å². The maximum absolute atomic E-state index is 12.0. The van der Waals surface area contributed by atoms with Crippen molar-refractivity contribution in [1.82, 2.24) is 18.8 Å². The quantitative estimate of drug-likeness (QED) is 0.692. The van der Waals surface area contributed by atoms with Crippen molar-refractivity contribution in [2.45, 2.75) is 12.5 Å². The summed E-state index contributed by atoms with van der Waals surface area (Å²) >= 11 is 0. The van der Waals surface area contributed by atoms with Crippen LogP contribution in [0.25, 0.3) is 0 Å². The highest BCUT2D eigenvalue weighted by atomic mass is 32.2. The molecule has 0 saturated carbocycles. The zero-order valence-electron chi connectivity index (χ0n) is 10.6. The third-order valence-electron chi connectivity index (χ3n) is 3.58. The third kappa shape index (κ3) is 2.79. The summed E-state index contributed by atoms with van der Waals surface area (Å²) in [5, 5.41) is 3.32. The Morgan fingerprint density at radius 1 is 1.18 bits per heavy atom. The molecular formula is C10H22N4O2S. The number of nitrogens with zero attached hydrogens (tertiary/aromatic N) is 3. The largest absolute Gasteiger partial charge is 0.314 e. The molecule has 7 heteroatoms. The monoisotopic (exact) mass is 262 g/mol. The van der Waals surface area contributed by atoms with Gasteiger partial charge in [0.05, 0.1) is 0 Å². The fraction of sp³-hybridized carbons (Fsp3) is 1.00. The lowest BCUT2D eigenvalue weighted by molar-refractivity contribution is 0.179. The van der Waals surface area contributed by atoms with Crippen LogP contribution in [-0.2, 0) is 10.2 Å². The van der Waals surface area contributed by atoms with Crippen LogP contribution in [0.5, 0.6) is 0 Å². The highest BCUT2D eigenvalue weighted by molar-refractivity contribution is 7.86. The number of hydrogen-bond donors (Lipinski definition) is 1. The van der Waals surface area contributed by atoms with Gasteiger partial charge in [0, 0.05) is 59.4 Å². The molecule has 2 aliphatic rings. The molecule has 2 heterocycles. The first-order valence-electron chi connectivity index (χ1n) is 6.14. The van der Waals surface area contributed by atoms with Crippen molar-refractivity contribution >= 4 is 10.2 Å². The minimum atomic E-state index is -3.22. The first-order valence-corrected chi connectivity index (χ1v) is 7.54. The van der Waals surface area contributed by atoms with Crippen LogP contribution in [0.3, 0.4) is 0 Å². The number of rotatable bonds is 3. The summed E-state index contributed by atoms with van der Waals surface area (Å²) in [5.41, 5.74) is 0. The molecule has 2 fully saturated rings. The molecule has 0 aromatic heterocycles. The Labute approximate surface area is 104 Å². The van der Waals surface area contributed by atoms with Gasteiger partial charge in [-0.05, 0) is 6.42 Å². The molecule has 0 aromatic rings. The highest BCUT2D eigenvalue weighted by Crippen LogP contribution is 2.19. The smallest absolute Gasteiger partial charge is 0.281 e. The molecule has 0 amide bonds. The van der Waals surface area contributed by atoms with E-state index in [1.165, 1.54) is 4.31 Å². The Balaban J connectivity index is 1.95. The second-order valence-electron chi connectivity index (χ2n) is 4.88. The normalized spacial score (nSPS) is 29.0. The van der Waals surface area contributed by atoms with Gasteiger partial charge in [0.15, 0.2) is 0 Å². The van der Waals surface area contributed by atoms with E-state index in [0.717, 1.165) is 32.6 Å². The van der Waals surface area contributed by atoms with E-state index in [-0.39, 0.29) is 0 Å². The molecule has 1 N–H and O–H groups in total. The molecule has 0 bridgehead atoms. The van der Waals surface area contributed by atoms with E-state index in [0.29, 0.717) is 19.1 Å². The molecule has 0 aromatic carbocycles. The number of piperazine rings is 1. The summed E-state index contributed by atoms with van der Waals surface area (Å²) in [6.45, 7) is 5.37.